The van der Waals surface area contributed by atoms with Crippen molar-refractivity contribution in [1.29, 1.82) is 0 Å². The number of benzene rings is 2. The van der Waals surface area contributed by atoms with Crippen LogP contribution in [0.5, 0.6) is 0 Å². The smallest absolute Gasteiger partial charge is 0.0553 e. The van der Waals surface area contributed by atoms with E-state index in [9.17, 15) is 0 Å². The number of fused-ring (bicyclic) bond motifs is 3. The first-order valence-corrected chi connectivity index (χ1v) is 8.84. The van der Waals surface area contributed by atoms with E-state index in [1.54, 1.807) is 0 Å². The maximum Gasteiger partial charge on any atom is 0.0553 e. The third kappa shape index (κ3) is 2.57. The number of halogens is 1. The number of anilines is 1. The van der Waals surface area contributed by atoms with E-state index in [0.29, 0.717) is 23.8 Å². The molecule has 118 valence electrons. The maximum absolute atomic E-state index is 6.06. The standard InChI is InChI=1S/C21H22ClN/c1-13(2)15-8-11-20-19(12-15)17-4-3-5-18(17)21(23-20)14-6-9-16(22)10-7-14/h3-4,6-13,17-18,21,23H,5H2,1-2H3/t17-,18+,21+/m1/s1. The molecule has 0 spiro atoms. The number of hydrogen-bond acceptors (Lipinski definition) is 1. The van der Waals surface area contributed by atoms with Crippen LogP contribution >= 0.6 is 11.6 Å². The maximum atomic E-state index is 6.06. The van der Waals surface area contributed by atoms with Crippen molar-refractivity contribution in [3.05, 3.63) is 76.3 Å². The Morgan fingerprint density at radius 1 is 1.09 bits per heavy atom. The van der Waals surface area contributed by atoms with Gasteiger partial charge in [-0.05, 0) is 53.1 Å². The molecule has 3 atom stereocenters. The summed E-state index contributed by atoms with van der Waals surface area (Å²) in [5, 5.41) is 4.59. The van der Waals surface area contributed by atoms with Crippen LogP contribution in [-0.4, -0.2) is 0 Å². The predicted octanol–water partition coefficient (Wildman–Crippen LogP) is 6.29. The molecule has 2 aliphatic rings. The van der Waals surface area contributed by atoms with Gasteiger partial charge in [-0.15, -0.1) is 0 Å². The minimum absolute atomic E-state index is 0.352. The van der Waals surface area contributed by atoms with Crippen molar-refractivity contribution in [3.8, 4) is 0 Å². The molecular weight excluding hydrogens is 302 g/mol. The summed E-state index contributed by atoms with van der Waals surface area (Å²) in [6.07, 6.45) is 5.88. The summed E-state index contributed by atoms with van der Waals surface area (Å²) in [6.45, 7) is 4.52. The Kier molecular flexibility index (Phi) is 3.69. The molecule has 2 aromatic rings. The van der Waals surface area contributed by atoms with Gasteiger partial charge < -0.3 is 5.32 Å². The van der Waals surface area contributed by atoms with Crippen molar-refractivity contribution >= 4 is 17.3 Å². The average molecular weight is 324 g/mol. The van der Waals surface area contributed by atoms with Gasteiger partial charge in [0.1, 0.15) is 0 Å². The molecule has 0 radical (unpaired) electrons. The highest BCUT2D eigenvalue weighted by Crippen LogP contribution is 2.50. The van der Waals surface area contributed by atoms with Gasteiger partial charge in [-0.25, -0.2) is 0 Å². The number of rotatable bonds is 2. The van der Waals surface area contributed by atoms with Crippen molar-refractivity contribution in [1.82, 2.24) is 0 Å². The highest BCUT2D eigenvalue weighted by molar-refractivity contribution is 6.30. The normalized spacial score (nSPS) is 25.1. The number of hydrogen-bond donors (Lipinski definition) is 1. The lowest BCUT2D eigenvalue weighted by Crippen LogP contribution is -2.29. The summed E-state index contributed by atoms with van der Waals surface area (Å²) in [5.41, 5.74) is 5.49. The largest absolute Gasteiger partial charge is 0.378 e. The minimum Gasteiger partial charge on any atom is -0.378 e. The predicted molar refractivity (Wildman–Crippen MR) is 98.3 cm³/mol. The first-order chi connectivity index (χ1) is 11.1. The van der Waals surface area contributed by atoms with E-state index in [-0.39, 0.29) is 0 Å². The fraction of sp³-hybridized carbons (Fsp3) is 0.333. The first kappa shape index (κ1) is 14.8. The fourth-order valence-electron chi connectivity index (χ4n) is 3.97. The highest BCUT2D eigenvalue weighted by Gasteiger charge is 2.37. The molecule has 0 bridgehead atoms. The monoisotopic (exact) mass is 323 g/mol. The molecule has 1 aliphatic carbocycles. The van der Waals surface area contributed by atoms with Crippen molar-refractivity contribution in [2.24, 2.45) is 5.92 Å². The molecule has 4 rings (SSSR count). The Bertz CT molecular complexity index is 745. The first-order valence-electron chi connectivity index (χ1n) is 8.46. The molecule has 0 aromatic heterocycles. The second-order valence-electron chi connectivity index (χ2n) is 7.03. The van der Waals surface area contributed by atoms with Crippen molar-refractivity contribution in [2.45, 2.75) is 38.1 Å². The fourth-order valence-corrected chi connectivity index (χ4v) is 4.10. The molecule has 2 heteroatoms. The molecule has 1 aliphatic heterocycles. The summed E-state index contributed by atoms with van der Waals surface area (Å²) < 4.78 is 0. The second kappa shape index (κ2) is 5.72. The minimum atomic E-state index is 0.352. The van der Waals surface area contributed by atoms with E-state index in [2.05, 4.69) is 61.6 Å². The van der Waals surface area contributed by atoms with E-state index in [4.69, 9.17) is 11.6 Å². The molecule has 0 saturated carbocycles. The van der Waals surface area contributed by atoms with Gasteiger partial charge in [0.05, 0.1) is 6.04 Å². The Morgan fingerprint density at radius 2 is 1.87 bits per heavy atom. The Hall–Kier alpha value is -1.73. The number of allylic oxidation sites excluding steroid dienone is 2. The molecule has 2 aromatic carbocycles. The summed E-state index contributed by atoms with van der Waals surface area (Å²) in [6, 6.07) is 15.6. The van der Waals surface area contributed by atoms with Crippen molar-refractivity contribution in [2.75, 3.05) is 5.32 Å². The molecule has 1 heterocycles. The van der Waals surface area contributed by atoms with Crippen LogP contribution in [-0.2, 0) is 0 Å². The van der Waals surface area contributed by atoms with Crippen LogP contribution < -0.4 is 5.32 Å². The van der Waals surface area contributed by atoms with Crippen LogP contribution in [0.25, 0.3) is 0 Å². The summed E-state index contributed by atoms with van der Waals surface area (Å²) >= 11 is 6.06. The van der Waals surface area contributed by atoms with Crippen LogP contribution in [0, 0.1) is 5.92 Å². The third-order valence-electron chi connectivity index (χ3n) is 5.28. The SMILES string of the molecule is CC(C)c1ccc2c(c1)[C@@H]1C=CC[C@@H]1[C@H](c1ccc(Cl)cc1)N2. The summed E-state index contributed by atoms with van der Waals surface area (Å²) in [5.74, 6) is 1.68. The third-order valence-corrected chi connectivity index (χ3v) is 5.53. The zero-order chi connectivity index (χ0) is 16.0. The summed E-state index contributed by atoms with van der Waals surface area (Å²) in [4.78, 5) is 0. The van der Waals surface area contributed by atoms with Gasteiger partial charge in [0.25, 0.3) is 0 Å². The highest BCUT2D eigenvalue weighted by atomic mass is 35.5. The molecule has 0 saturated heterocycles. The molecule has 23 heavy (non-hydrogen) atoms. The average Bonchev–Trinajstić information content (AvgIpc) is 3.04. The quantitative estimate of drug-likeness (QED) is 0.640. The zero-order valence-electron chi connectivity index (χ0n) is 13.6. The lowest BCUT2D eigenvalue weighted by atomic mass is 9.76. The van der Waals surface area contributed by atoms with Gasteiger partial charge in [-0.2, -0.15) is 0 Å². The van der Waals surface area contributed by atoms with Crippen molar-refractivity contribution < 1.29 is 0 Å². The Balaban J connectivity index is 1.75. The molecule has 0 fully saturated rings. The van der Waals surface area contributed by atoms with Crippen LogP contribution in [0.4, 0.5) is 5.69 Å². The molecule has 1 N–H and O–H groups in total. The molecule has 1 nitrogen and oxygen atoms in total. The van der Waals surface area contributed by atoms with E-state index in [0.717, 1.165) is 11.4 Å². The topological polar surface area (TPSA) is 12.0 Å². The van der Waals surface area contributed by atoms with Crippen LogP contribution in [0.3, 0.4) is 0 Å². The van der Waals surface area contributed by atoms with Crippen LogP contribution in [0.2, 0.25) is 5.02 Å². The molecular formula is C21H22ClN. The lowest BCUT2D eigenvalue weighted by molar-refractivity contribution is 0.425. The van der Waals surface area contributed by atoms with E-state index in [1.165, 1.54) is 22.4 Å². The lowest BCUT2D eigenvalue weighted by Gasteiger charge is -2.38. The van der Waals surface area contributed by atoms with E-state index >= 15 is 0 Å². The van der Waals surface area contributed by atoms with Crippen LogP contribution in [0.15, 0.2) is 54.6 Å². The summed E-state index contributed by atoms with van der Waals surface area (Å²) in [7, 11) is 0. The zero-order valence-corrected chi connectivity index (χ0v) is 14.3. The van der Waals surface area contributed by atoms with Gasteiger partial charge in [0.15, 0.2) is 0 Å². The van der Waals surface area contributed by atoms with E-state index in [1.807, 2.05) is 12.1 Å². The Morgan fingerprint density at radius 3 is 2.61 bits per heavy atom. The van der Waals surface area contributed by atoms with Gasteiger partial charge in [0.2, 0.25) is 0 Å². The molecule has 0 unspecified atom stereocenters. The van der Waals surface area contributed by atoms with Gasteiger partial charge in [0, 0.05) is 16.6 Å². The van der Waals surface area contributed by atoms with Gasteiger partial charge >= 0.3 is 0 Å². The second-order valence-corrected chi connectivity index (χ2v) is 7.46. The van der Waals surface area contributed by atoms with Crippen molar-refractivity contribution in [3.63, 3.8) is 0 Å². The van der Waals surface area contributed by atoms with Crippen LogP contribution in [0.1, 0.15) is 54.8 Å². The van der Waals surface area contributed by atoms with Gasteiger partial charge in [-0.1, -0.05) is 61.9 Å². The number of nitrogens with one attached hydrogen (secondary N) is 1. The Labute approximate surface area is 143 Å². The molecule has 0 amide bonds. The van der Waals surface area contributed by atoms with Gasteiger partial charge in [-0.3, -0.25) is 0 Å². The van der Waals surface area contributed by atoms with E-state index < -0.39 is 0 Å².